The third kappa shape index (κ3) is 4.53. The number of nitrogens with zero attached hydrogens (tertiary/aromatic N) is 3. The van der Waals surface area contributed by atoms with Crippen LogP contribution >= 0.6 is 11.8 Å². The molecule has 1 aliphatic heterocycles. The lowest BCUT2D eigenvalue weighted by atomic mass is 10.1. The minimum Gasteiger partial charge on any atom is -0.354 e. The molecule has 1 aromatic heterocycles. The fourth-order valence-electron chi connectivity index (χ4n) is 2.91. The molecule has 1 aromatic rings. The summed E-state index contributed by atoms with van der Waals surface area (Å²) in [7, 11) is 0. The summed E-state index contributed by atoms with van der Waals surface area (Å²) in [6, 6.07) is 1.42. The van der Waals surface area contributed by atoms with Gasteiger partial charge in [-0.2, -0.15) is 16.9 Å². The lowest BCUT2D eigenvalue weighted by molar-refractivity contribution is -0.127. The minimum absolute atomic E-state index is 0.00269. The molecule has 0 spiro atoms. The van der Waals surface area contributed by atoms with Gasteiger partial charge in [-0.25, -0.2) is 4.68 Å². The number of rotatable bonds is 9. The molecule has 0 aliphatic carbocycles. The molecule has 2 rings (SSSR count). The maximum Gasteiger partial charge on any atom is 0.243 e. The summed E-state index contributed by atoms with van der Waals surface area (Å²) in [5.41, 5.74) is 0.868. The predicted molar refractivity (Wildman–Crippen MR) is 98.4 cm³/mol. The number of carbonyl (C=O) groups is 2. The smallest absolute Gasteiger partial charge is 0.243 e. The van der Waals surface area contributed by atoms with E-state index in [1.165, 1.54) is 6.42 Å². The molecular weight excluding hydrogens is 324 g/mol. The molecule has 0 radical (unpaired) electrons. The van der Waals surface area contributed by atoms with Gasteiger partial charge in [0.25, 0.3) is 0 Å². The monoisotopic (exact) mass is 352 g/mol. The van der Waals surface area contributed by atoms with Crippen molar-refractivity contribution >= 4 is 29.4 Å². The maximum absolute atomic E-state index is 12.6. The van der Waals surface area contributed by atoms with E-state index in [1.807, 2.05) is 36.4 Å². The molecule has 0 saturated heterocycles. The van der Waals surface area contributed by atoms with Gasteiger partial charge in [-0.05, 0) is 37.7 Å². The number of hydrogen-bond acceptors (Lipinski definition) is 4. The van der Waals surface area contributed by atoms with Crippen molar-refractivity contribution in [1.29, 1.82) is 0 Å². The number of carbonyl (C=O) groups excluding carboxylic acids is 2. The third-order valence-corrected chi connectivity index (χ3v) is 5.32. The molecule has 0 bridgehead atoms. The van der Waals surface area contributed by atoms with E-state index < -0.39 is 6.04 Å². The van der Waals surface area contributed by atoms with E-state index in [2.05, 4.69) is 17.3 Å². The Labute approximate surface area is 148 Å². The van der Waals surface area contributed by atoms with E-state index >= 15 is 0 Å². The summed E-state index contributed by atoms with van der Waals surface area (Å²) in [5, 5.41) is 7.39. The lowest BCUT2D eigenvalue weighted by Crippen LogP contribution is -2.52. The number of aryl methyl sites for hydroxylation is 2. The van der Waals surface area contributed by atoms with Crippen LogP contribution in [0.15, 0.2) is 6.07 Å². The Balaban J connectivity index is 1.97. The van der Waals surface area contributed by atoms with Gasteiger partial charge >= 0.3 is 0 Å². The average molecular weight is 353 g/mol. The summed E-state index contributed by atoms with van der Waals surface area (Å²) in [6.07, 6.45) is 3.12. The molecule has 134 valence electrons. The molecule has 1 atom stereocenters. The highest BCUT2D eigenvalue weighted by molar-refractivity contribution is 7.99. The number of nitrogens with one attached hydrogen (secondary N) is 1. The van der Waals surface area contributed by atoms with Gasteiger partial charge in [0, 0.05) is 19.0 Å². The largest absolute Gasteiger partial charge is 0.354 e. The number of aromatic nitrogens is 2. The van der Waals surface area contributed by atoms with Crippen molar-refractivity contribution in [3.8, 4) is 0 Å². The van der Waals surface area contributed by atoms with E-state index in [1.54, 1.807) is 4.90 Å². The van der Waals surface area contributed by atoms with Crippen LogP contribution in [0.2, 0.25) is 0 Å². The summed E-state index contributed by atoms with van der Waals surface area (Å²) in [5.74, 6) is 2.89. The van der Waals surface area contributed by atoms with E-state index in [0.29, 0.717) is 25.9 Å². The molecular formula is C17H28N4O2S. The molecule has 7 heteroatoms. The van der Waals surface area contributed by atoms with Crippen LogP contribution in [0.25, 0.3) is 0 Å². The predicted octanol–water partition coefficient (Wildman–Crippen LogP) is 2.36. The molecule has 2 amide bonds. The van der Waals surface area contributed by atoms with Crippen molar-refractivity contribution in [2.75, 3.05) is 23.0 Å². The first kappa shape index (κ1) is 18.8. The molecule has 0 fully saturated rings. The van der Waals surface area contributed by atoms with E-state index in [0.717, 1.165) is 29.4 Å². The Hall–Kier alpha value is -1.50. The first-order chi connectivity index (χ1) is 11.6. The molecule has 1 unspecified atom stereocenters. The minimum atomic E-state index is -0.462. The van der Waals surface area contributed by atoms with Crippen LogP contribution in [0.4, 0.5) is 5.82 Å². The zero-order chi connectivity index (χ0) is 17.5. The second-order valence-corrected chi connectivity index (χ2v) is 7.29. The van der Waals surface area contributed by atoms with Crippen LogP contribution < -0.4 is 10.2 Å². The van der Waals surface area contributed by atoms with Gasteiger partial charge in [0.05, 0.1) is 12.2 Å². The average Bonchev–Trinajstić information content (AvgIpc) is 2.94. The second kappa shape index (κ2) is 9.11. The fraction of sp³-hybridized carbons (Fsp3) is 0.706. The van der Waals surface area contributed by atoms with Crippen LogP contribution in [0.1, 0.15) is 45.2 Å². The Morgan fingerprint density at radius 3 is 2.92 bits per heavy atom. The van der Waals surface area contributed by atoms with Gasteiger partial charge in [0.15, 0.2) is 0 Å². The summed E-state index contributed by atoms with van der Waals surface area (Å²) in [6.45, 7) is 7.26. The van der Waals surface area contributed by atoms with Gasteiger partial charge in [-0.3, -0.25) is 14.5 Å². The number of thioether (sulfide) groups is 1. The highest BCUT2D eigenvalue weighted by Gasteiger charge is 2.34. The van der Waals surface area contributed by atoms with E-state index in [9.17, 15) is 9.59 Å². The van der Waals surface area contributed by atoms with Crippen LogP contribution in [0.5, 0.6) is 0 Å². The number of anilines is 1. The van der Waals surface area contributed by atoms with Crippen molar-refractivity contribution < 1.29 is 9.59 Å². The van der Waals surface area contributed by atoms with Gasteiger partial charge < -0.3 is 5.32 Å². The summed E-state index contributed by atoms with van der Waals surface area (Å²) >= 11 is 1.91. The first-order valence-corrected chi connectivity index (χ1v) is 9.95. The van der Waals surface area contributed by atoms with Gasteiger partial charge in [-0.15, -0.1) is 0 Å². The molecule has 0 saturated carbocycles. The molecule has 1 N–H and O–H groups in total. The molecule has 2 heterocycles. The SMILES string of the molecule is CCCSCCCNC(=O)C(CC)N1C(=O)CCn2nc(C)cc21. The van der Waals surface area contributed by atoms with Crippen molar-refractivity contribution in [1.82, 2.24) is 15.1 Å². The van der Waals surface area contributed by atoms with Crippen molar-refractivity contribution in [3.63, 3.8) is 0 Å². The Bertz CT molecular complexity index is 573. The number of hydrogen-bond donors (Lipinski definition) is 1. The summed E-state index contributed by atoms with van der Waals surface area (Å²) < 4.78 is 1.83. The highest BCUT2D eigenvalue weighted by atomic mass is 32.2. The standard InChI is InChI=1S/C17H28N4O2S/c1-4-10-24-11-6-8-18-17(23)14(5-2)21-15-12-13(3)19-20(15)9-7-16(21)22/h12,14H,4-11H2,1-3H3,(H,18,23). The highest BCUT2D eigenvalue weighted by Crippen LogP contribution is 2.25. The zero-order valence-corrected chi connectivity index (χ0v) is 15.7. The van der Waals surface area contributed by atoms with Crippen LogP contribution in [0, 0.1) is 6.92 Å². The molecule has 6 nitrogen and oxygen atoms in total. The first-order valence-electron chi connectivity index (χ1n) is 8.80. The van der Waals surface area contributed by atoms with Crippen molar-refractivity contribution in [2.45, 2.75) is 59.0 Å². The Kier molecular flexibility index (Phi) is 7.15. The topological polar surface area (TPSA) is 67.2 Å². The van der Waals surface area contributed by atoms with E-state index in [-0.39, 0.29) is 11.8 Å². The third-order valence-electron chi connectivity index (χ3n) is 4.05. The summed E-state index contributed by atoms with van der Waals surface area (Å²) in [4.78, 5) is 26.6. The van der Waals surface area contributed by atoms with Crippen molar-refractivity contribution in [2.24, 2.45) is 0 Å². The zero-order valence-electron chi connectivity index (χ0n) is 14.9. The fourth-order valence-corrected chi connectivity index (χ4v) is 3.75. The van der Waals surface area contributed by atoms with Crippen LogP contribution in [-0.4, -0.2) is 45.7 Å². The normalized spacial score (nSPS) is 15.3. The molecule has 1 aliphatic rings. The van der Waals surface area contributed by atoms with Crippen LogP contribution in [0.3, 0.4) is 0 Å². The van der Waals surface area contributed by atoms with Crippen LogP contribution in [-0.2, 0) is 16.1 Å². The Morgan fingerprint density at radius 2 is 2.21 bits per heavy atom. The second-order valence-electron chi connectivity index (χ2n) is 6.06. The number of fused-ring (bicyclic) bond motifs is 1. The quantitative estimate of drug-likeness (QED) is 0.693. The maximum atomic E-state index is 12.6. The molecule has 0 aromatic carbocycles. The van der Waals surface area contributed by atoms with Gasteiger partial charge in [0.1, 0.15) is 11.9 Å². The lowest BCUT2D eigenvalue weighted by Gasteiger charge is -2.33. The molecule has 24 heavy (non-hydrogen) atoms. The number of amides is 2. The van der Waals surface area contributed by atoms with E-state index in [4.69, 9.17) is 0 Å². The van der Waals surface area contributed by atoms with Crippen molar-refractivity contribution in [3.05, 3.63) is 11.8 Å². The van der Waals surface area contributed by atoms with Gasteiger partial charge in [-0.1, -0.05) is 13.8 Å². The Morgan fingerprint density at radius 1 is 1.42 bits per heavy atom. The van der Waals surface area contributed by atoms with Gasteiger partial charge in [0.2, 0.25) is 11.8 Å².